The maximum atomic E-state index is 11.5. The third-order valence-corrected chi connectivity index (χ3v) is 5.92. The maximum Gasteiger partial charge on any atom is 0.175 e. The molecule has 0 saturated carbocycles. The normalized spacial score (nSPS) is 19.5. The number of aromatic amines is 1. The molecule has 3 rings (SSSR count). The second-order valence-electron chi connectivity index (χ2n) is 6.90. The van der Waals surface area contributed by atoms with E-state index in [9.17, 15) is 8.42 Å². The Morgan fingerprint density at radius 2 is 2.04 bits per heavy atom. The van der Waals surface area contributed by atoms with E-state index in [1.807, 2.05) is 18.3 Å². The van der Waals surface area contributed by atoms with Crippen LogP contribution >= 0.6 is 0 Å². The number of hydrogen-bond acceptors (Lipinski definition) is 4. The first-order valence-electron chi connectivity index (χ1n) is 8.42. The number of rotatable bonds is 5. The van der Waals surface area contributed by atoms with Crippen LogP contribution in [0.1, 0.15) is 29.7 Å². The van der Waals surface area contributed by atoms with E-state index < -0.39 is 9.84 Å². The molecule has 0 bridgehead atoms. The van der Waals surface area contributed by atoms with Gasteiger partial charge in [-0.25, -0.2) is 8.42 Å². The van der Waals surface area contributed by atoms with Gasteiger partial charge in [0.1, 0.15) is 0 Å². The van der Waals surface area contributed by atoms with Crippen molar-refractivity contribution < 1.29 is 8.42 Å². The van der Waals surface area contributed by atoms with Crippen LogP contribution in [-0.2, 0) is 22.8 Å². The average Bonchev–Trinajstić information content (AvgIpc) is 2.92. The van der Waals surface area contributed by atoms with E-state index in [1.165, 1.54) is 35.9 Å². The Bertz CT molecular complexity index is 781. The predicted octanol–water partition coefficient (Wildman–Crippen LogP) is 2.58. The van der Waals surface area contributed by atoms with Crippen LogP contribution in [0.15, 0.2) is 35.4 Å². The topological polar surface area (TPSA) is 66.1 Å². The molecule has 1 saturated heterocycles. The molecule has 2 aromatic rings. The highest BCUT2D eigenvalue weighted by atomic mass is 32.2. The van der Waals surface area contributed by atoms with Crippen molar-refractivity contribution >= 4 is 9.84 Å². The van der Waals surface area contributed by atoms with Crippen LogP contribution in [0.5, 0.6) is 0 Å². The first-order valence-corrected chi connectivity index (χ1v) is 10.3. The molecule has 0 amide bonds. The summed E-state index contributed by atoms with van der Waals surface area (Å²) >= 11 is 0. The summed E-state index contributed by atoms with van der Waals surface area (Å²) in [7, 11) is -3.12. The number of H-pyrrole nitrogens is 1. The molecular formula is C18H25N3O2S. The highest BCUT2D eigenvalue weighted by Crippen LogP contribution is 2.23. The quantitative estimate of drug-likeness (QED) is 0.903. The first kappa shape index (κ1) is 17.2. The van der Waals surface area contributed by atoms with Crippen molar-refractivity contribution in [2.75, 3.05) is 19.3 Å². The van der Waals surface area contributed by atoms with Crippen LogP contribution in [0.25, 0.3) is 0 Å². The van der Waals surface area contributed by atoms with Crippen molar-refractivity contribution in [2.45, 2.75) is 37.6 Å². The van der Waals surface area contributed by atoms with Gasteiger partial charge in [0.25, 0.3) is 0 Å². The third-order valence-electron chi connectivity index (χ3n) is 4.79. The molecule has 1 aliphatic rings. The molecular weight excluding hydrogens is 322 g/mol. The molecule has 130 valence electrons. The third kappa shape index (κ3) is 4.24. The van der Waals surface area contributed by atoms with E-state index >= 15 is 0 Å². The minimum atomic E-state index is -3.12. The van der Waals surface area contributed by atoms with E-state index in [1.54, 1.807) is 12.1 Å². The second-order valence-corrected chi connectivity index (χ2v) is 8.91. The standard InChI is InChI=1S/C18H25N3O2S/c1-14-11-19-20-18(14)10-16-4-3-9-21(13-16)12-15-5-7-17(8-6-15)24(2,22)23/h5-8,11,16H,3-4,9-10,12-13H2,1-2H3,(H,19,20)/t16-/m1/s1. The van der Waals surface area contributed by atoms with Gasteiger partial charge in [0.2, 0.25) is 0 Å². The first-order chi connectivity index (χ1) is 11.4. The van der Waals surface area contributed by atoms with E-state index in [0.29, 0.717) is 10.8 Å². The second kappa shape index (κ2) is 7.07. The molecule has 1 aliphatic heterocycles. The Balaban J connectivity index is 1.60. The largest absolute Gasteiger partial charge is 0.299 e. The molecule has 0 unspecified atom stereocenters. The van der Waals surface area contributed by atoms with Gasteiger partial charge in [-0.1, -0.05) is 12.1 Å². The highest BCUT2D eigenvalue weighted by Gasteiger charge is 2.21. The molecule has 0 spiro atoms. The van der Waals surface area contributed by atoms with Crippen molar-refractivity contribution in [3.8, 4) is 0 Å². The van der Waals surface area contributed by atoms with Crippen molar-refractivity contribution in [3.05, 3.63) is 47.3 Å². The van der Waals surface area contributed by atoms with E-state index in [0.717, 1.165) is 26.1 Å². The minimum absolute atomic E-state index is 0.387. The van der Waals surface area contributed by atoms with Gasteiger partial charge in [0.15, 0.2) is 9.84 Å². The molecule has 1 aromatic heterocycles. The lowest BCUT2D eigenvalue weighted by Crippen LogP contribution is -2.35. The molecule has 1 aromatic carbocycles. The van der Waals surface area contributed by atoms with Gasteiger partial charge < -0.3 is 0 Å². The zero-order valence-corrected chi connectivity index (χ0v) is 15.1. The Kier molecular flexibility index (Phi) is 5.06. The molecule has 1 fully saturated rings. The van der Waals surface area contributed by atoms with E-state index in [-0.39, 0.29) is 0 Å². The van der Waals surface area contributed by atoms with E-state index in [4.69, 9.17) is 0 Å². The van der Waals surface area contributed by atoms with Crippen molar-refractivity contribution in [1.29, 1.82) is 0 Å². The molecule has 24 heavy (non-hydrogen) atoms. The average molecular weight is 347 g/mol. The van der Waals surface area contributed by atoms with Crippen LogP contribution in [0, 0.1) is 12.8 Å². The Morgan fingerprint density at radius 1 is 1.29 bits per heavy atom. The molecule has 2 heterocycles. The van der Waals surface area contributed by atoms with Gasteiger partial charge in [-0.05, 0) is 61.9 Å². The summed E-state index contributed by atoms with van der Waals surface area (Å²) in [5.41, 5.74) is 3.66. The maximum absolute atomic E-state index is 11.5. The smallest absolute Gasteiger partial charge is 0.175 e. The summed E-state index contributed by atoms with van der Waals surface area (Å²) < 4.78 is 23.1. The van der Waals surface area contributed by atoms with Gasteiger partial charge >= 0.3 is 0 Å². The summed E-state index contributed by atoms with van der Waals surface area (Å²) in [5.74, 6) is 0.646. The summed E-state index contributed by atoms with van der Waals surface area (Å²) in [4.78, 5) is 2.85. The van der Waals surface area contributed by atoms with Crippen LogP contribution < -0.4 is 0 Å². The number of nitrogens with one attached hydrogen (secondary N) is 1. The Labute approximate surface area is 144 Å². The fourth-order valence-corrected chi connectivity index (χ4v) is 4.06. The lowest BCUT2D eigenvalue weighted by atomic mass is 9.92. The summed E-state index contributed by atoms with van der Waals surface area (Å²) in [6.07, 6.45) is 6.64. The molecule has 6 heteroatoms. The zero-order valence-electron chi connectivity index (χ0n) is 14.3. The number of aryl methyl sites for hydroxylation is 1. The molecule has 1 atom stereocenters. The van der Waals surface area contributed by atoms with Crippen molar-refractivity contribution in [3.63, 3.8) is 0 Å². The predicted molar refractivity (Wildman–Crippen MR) is 94.6 cm³/mol. The fraction of sp³-hybridized carbons (Fsp3) is 0.500. The zero-order chi connectivity index (χ0) is 17.2. The summed E-state index contributed by atoms with van der Waals surface area (Å²) in [5, 5.41) is 7.23. The summed E-state index contributed by atoms with van der Waals surface area (Å²) in [6, 6.07) is 7.28. The van der Waals surface area contributed by atoms with Gasteiger partial charge in [-0.15, -0.1) is 0 Å². The SMILES string of the molecule is Cc1cn[nH]c1C[C@H]1CCCN(Cc2ccc(S(C)(=O)=O)cc2)C1. The number of sulfone groups is 1. The molecule has 1 N–H and O–H groups in total. The number of benzene rings is 1. The van der Waals surface area contributed by atoms with Gasteiger partial charge in [-0.2, -0.15) is 5.10 Å². The number of aromatic nitrogens is 2. The van der Waals surface area contributed by atoms with Gasteiger partial charge in [0, 0.05) is 25.0 Å². The Morgan fingerprint density at radius 3 is 2.67 bits per heavy atom. The van der Waals surface area contributed by atoms with Gasteiger partial charge in [0.05, 0.1) is 11.1 Å². The lowest BCUT2D eigenvalue weighted by molar-refractivity contribution is 0.166. The van der Waals surface area contributed by atoms with E-state index in [2.05, 4.69) is 22.0 Å². The van der Waals surface area contributed by atoms with Crippen LogP contribution in [0.3, 0.4) is 0 Å². The fourth-order valence-electron chi connectivity index (χ4n) is 3.43. The highest BCUT2D eigenvalue weighted by molar-refractivity contribution is 7.90. The molecule has 0 aliphatic carbocycles. The van der Waals surface area contributed by atoms with Crippen molar-refractivity contribution in [1.82, 2.24) is 15.1 Å². The monoisotopic (exact) mass is 347 g/mol. The molecule has 5 nitrogen and oxygen atoms in total. The lowest BCUT2D eigenvalue weighted by Gasteiger charge is -2.32. The number of hydrogen-bond donors (Lipinski definition) is 1. The minimum Gasteiger partial charge on any atom is -0.299 e. The van der Waals surface area contributed by atoms with Crippen LogP contribution in [-0.4, -0.2) is 42.9 Å². The Hall–Kier alpha value is -1.66. The van der Waals surface area contributed by atoms with Crippen LogP contribution in [0.2, 0.25) is 0 Å². The van der Waals surface area contributed by atoms with Crippen molar-refractivity contribution in [2.24, 2.45) is 5.92 Å². The summed E-state index contributed by atoms with van der Waals surface area (Å²) in [6.45, 7) is 5.16. The number of nitrogens with zero attached hydrogens (tertiary/aromatic N) is 2. The van der Waals surface area contributed by atoms with Gasteiger partial charge in [-0.3, -0.25) is 10.00 Å². The molecule has 0 radical (unpaired) electrons. The number of piperidine rings is 1. The van der Waals surface area contributed by atoms with Crippen LogP contribution in [0.4, 0.5) is 0 Å². The number of likely N-dealkylation sites (tertiary alicyclic amines) is 1.